The van der Waals surface area contributed by atoms with Gasteiger partial charge < -0.3 is 10.1 Å². The van der Waals surface area contributed by atoms with E-state index in [9.17, 15) is 28.1 Å². The smallest absolute Gasteiger partial charge is 0.416 e. The van der Waals surface area contributed by atoms with Crippen LogP contribution in [0.4, 0.5) is 18.9 Å². The van der Waals surface area contributed by atoms with Gasteiger partial charge in [0.25, 0.3) is 11.6 Å². The molecule has 0 radical (unpaired) electrons. The molecule has 146 valence electrons. The summed E-state index contributed by atoms with van der Waals surface area (Å²) in [5.41, 5.74) is -0.418. The maximum absolute atomic E-state index is 12.6. The van der Waals surface area contributed by atoms with Crippen LogP contribution in [0.3, 0.4) is 0 Å². The van der Waals surface area contributed by atoms with Crippen LogP contribution in [0.15, 0.2) is 42.5 Å². The lowest BCUT2D eigenvalue weighted by Gasteiger charge is -2.08. The number of carbonyl (C=O) groups excluding carboxylic acids is 1. The molecule has 2 aromatic carbocycles. The summed E-state index contributed by atoms with van der Waals surface area (Å²) in [4.78, 5) is 22.3. The van der Waals surface area contributed by atoms with Crippen molar-refractivity contribution in [2.24, 2.45) is 0 Å². The van der Waals surface area contributed by atoms with Gasteiger partial charge in [0, 0.05) is 17.2 Å². The standard InChI is InChI=1S/C19H15F3N2O4/c1-13-7-8-14(11-17(13)24(26)27)18(25)23-9-2-3-10-28-16-6-4-5-15(12-16)19(20,21)22/h4-8,11-12H,9-10H2,1H3,(H,23,25). The van der Waals surface area contributed by atoms with Crippen molar-refractivity contribution in [2.75, 3.05) is 13.2 Å². The van der Waals surface area contributed by atoms with Crippen LogP contribution in [0.5, 0.6) is 5.75 Å². The highest BCUT2D eigenvalue weighted by Gasteiger charge is 2.30. The van der Waals surface area contributed by atoms with Gasteiger partial charge in [-0.15, -0.1) is 0 Å². The van der Waals surface area contributed by atoms with Gasteiger partial charge in [-0.2, -0.15) is 13.2 Å². The topological polar surface area (TPSA) is 81.5 Å². The average molecular weight is 392 g/mol. The van der Waals surface area contributed by atoms with Gasteiger partial charge in [0.15, 0.2) is 0 Å². The van der Waals surface area contributed by atoms with E-state index in [4.69, 9.17) is 4.74 Å². The molecule has 0 saturated carbocycles. The van der Waals surface area contributed by atoms with Crippen molar-refractivity contribution in [3.63, 3.8) is 0 Å². The summed E-state index contributed by atoms with van der Waals surface area (Å²) < 4.78 is 42.9. The van der Waals surface area contributed by atoms with E-state index in [2.05, 4.69) is 17.2 Å². The quantitative estimate of drug-likeness (QED) is 0.478. The molecule has 2 aromatic rings. The fourth-order valence-corrected chi connectivity index (χ4v) is 2.17. The van der Waals surface area contributed by atoms with Crippen LogP contribution >= 0.6 is 0 Å². The predicted molar refractivity (Wildman–Crippen MR) is 94.9 cm³/mol. The van der Waals surface area contributed by atoms with Gasteiger partial charge >= 0.3 is 6.18 Å². The molecule has 0 heterocycles. The van der Waals surface area contributed by atoms with Crippen molar-refractivity contribution in [2.45, 2.75) is 13.1 Å². The van der Waals surface area contributed by atoms with E-state index in [0.29, 0.717) is 5.56 Å². The van der Waals surface area contributed by atoms with E-state index >= 15 is 0 Å². The number of amides is 1. The third-order valence-electron chi connectivity index (χ3n) is 3.60. The Kier molecular flexibility index (Phi) is 6.60. The Morgan fingerprint density at radius 3 is 2.64 bits per heavy atom. The third kappa shape index (κ3) is 5.74. The van der Waals surface area contributed by atoms with Crippen molar-refractivity contribution in [1.82, 2.24) is 5.32 Å². The molecule has 0 aromatic heterocycles. The van der Waals surface area contributed by atoms with Crippen molar-refractivity contribution in [3.8, 4) is 17.6 Å². The molecule has 0 aliphatic rings. The molecule has 0 fully saturated rings. The van der Waals surface area contributed by atoms with Crippen LogP contribution in [-0.2, 0) is 6.18 Å². The van der Waals surface area contributed by atoms with E-state index in [-0.39, 0.29) is 30.2 Å². The Bertz CT molecular complexity index is 946. The molecule has 0 atom stereocenters. The lowest BCUT2D eigenvalue weighted by Crippen LogP contribution is -2.23. The fourth-order valence-electron chi connectivity index (χ4n) is 2.17. The lowest BCUT2D eigenvalue weighted by atomic mass is 10.1. The first-order valence-electron chi connectivity index (χ1n) is 7.97. The zero-order valence-electron chi connectivity index (χ0n) is 14.7. The second-order valence-electron chi connectivity index (χ2n) is 5.61. The summed E-state index contributed by atoms with van der Waals surface area (Å²) in [5.74, 6) is 4.64. The first kappa shape index (κ1) is 20.8. The van der Waals surface area contributed by atoms with Crippen LogP contribution in [-0.4, -0.2) is 24.0 Å². The normalized spacial score (nSPS) is 10.6. The summed E-state index contributed by atoms with van der Waals surface area (Å²) in [6.45, 7) is 1.36. The Labute approximate surface area is 158 Å². The van der Waals surface area contributed by atoms with Crippen LogP contribution in [0.25, 0.3) is 0 Å². The average Bonchev–Trinajstić information content (AvgIpc) is 2.64. The maximum atomic E-state index is 12.6. The van der Waals surface area contributed by atoms with Crippen LogP contribution in [0, 0.1) is 28.9 Å². The second-order valence-corrected chi connectivity index (χ2v) is 5.61. The second kappa shape index (κ2) is 8.90. The number of halogens is 3. The number of nitro groups is 1. The van der Waals surface area contributed by atoms with E-state index < -0.39 is 22.6 Å². The summed E-state index contributed by atoms with van der Waals surface area (Å²) in [6, 6.07) is 8.52. The van der Waals surface area contributed by atoms with Crippen molar-refractivity contribution in [3.05, 3.63) is 69.3 Å². The number of nitrogens with one attached hydrogen (secondary N) is 1. The number of benzene rings is 2. The number of ether oxygens (including phenoxy) is 1. The number of hydrogen-bond donors (Lipinski definition) is 1. The molecule has 0 spiro atoms. The van der Waals surface area contributed by atoms with Crippen molar-refractivity contribution in [1.29, 1.82) is 0 Å². The number of nitro benzene ring substituents is 1. The highest BCUT2D eigenvalue weighted by Crippen LogP contribution is 2.31. The van der Waals surface area contributed by atoms with Crippen LogP contribution < -0.4 is 10.1 Å². The molecule has 28 heavy (non-hydrogen) atoms. The summed E-state index contributed by atoms with van der Waals surface area (Å²) in [5, 5.41) is 13.4. The molecule has 9 heteroatoms. The Balaban J connectivity index is 1.85. The van der Waals surface area contributed by atoms with Gasteiger partial charge in [0.2, 0.25) is 0 Å². The molecule has 0 bridgehead atoms. The zero-order chi connectivity index (χ0) is 20.7. The molecule has 1 amide bonds. The number of nitrogens with zero attached hydrogens (tertiary/aromatic N) is 1. The summed E-state index contributed by atoms with van der Waals surface area (Å²) in [6.07, 6.45) is -4.46. The third-order valence-corrected chi connectivity index (χ3v) is 3.60. The Hall–Kier alpha value is -3.54. The monoisotopic (exact) mass is 392 g/mol. The van der Waals surface area contributed by atoms with Gasteiger partial charge in [-0.3, -0.25) is 14.9 Å². The van der Waals surface area contributed by atoms with Crippen molar-refractivity contribution >= 4 is 11.6 Å². The molecule has 0 saturated heterocycles. The molecule has 6 nitrogen and oxygen atoms in total. The first-order valence-corrected chi connectivity index (χ1v) is 7.97. The van der Waals surface area contributed by atoms with Crippen LogP contribution in [0.2, 0.25) is 0 Å². The molecular formula is C19H15F3N2O4. The van der Waals surface area contributed by atoms with Gasteiger partial charge in [0.05, 0.1) is 17.0 Å². The minimum atomic E-state index is -4.46. The SMILES string of the molecule is Cc1ccc(C(=O)NCC#CCOc2cccc(C(F)(F)F)c2)cc1[N+](=O)[O-]. The van der Waals surface area contributed by atoms with Gasteiger partial charge in [-0.05, 0) is 31.2 Å². The highest BCUT2D eigenvalue weighted by atomic mass is 19.4. The van der Waals surface area contributed by atoms with Crippen molar-refractivity contribution < 1.29 is 27.6 Å². The van der Waals surface area contributed by atoms with Gasteiger partial charge in [-0.25, -0.2) is 0 Å². The largest absolute Gasteiger partial charge is 0.481 e. The van der Waals surface area contributed by atoms with E-state index in [1.807, 2.05) is 0 Å². The molecular weight excluding hydrogens is 377 g/mol. The Morgan fingerprint density at radius 2 is 1.96 bits per heavy atom. The maximum Gasteiger partial charge on any atom is 0.416 e. The molecule has 2 rings (SSSR count). The molecule has 0 unspecified atom stereocenters. The number of aryl methyl sites for hydroxylation is 1. The van der Waals surface area contributed by atoms with Gasteiger partial charge in [-0.1, -0.05) is 24.0 Å². The molecule has 0 aliphatic carbocycles. The summed E-state index contributed by atoms with van der Waals surface area (Å²) in [7, 11) is 0. The number of rotatable bonds is 5. The van der Waals surface area contributed by atoms with Gasteiger partial charge in [0.1, 0.15) is 12.4 Å². The van der Waals surface area contributed by atoms with E-state index in [1.165, 1.54) is 30.3 Å². The number of alkyl halides is 3. The number of hydrogen-bond acceptors (Lipinski definition) is 4. The lowest BCUT2D eigenvalue weighted by molar-refractivity contribution is -0.385. The summed E-state index contributed by atoms with van der Waals surface area (Å²) >= 11 is 0. The van der Waals surface area contributed by atoms with Crippen LogP contribution in [0.1, 0.15) is 21.5 Å². The molecule has 1 N–H and O–H groups in total. The van der Waals surface area contributed by atoms with E-state index in [0.717, 1.165) is 12.1 Å². The highest BCUT2D eigenvalue weighted by molar-refractivity contribution is 5.95. The predicted octanol–water partition coefficient (Wildman–Crippen LogP) is 3.73. The Morgan fingerprint density at radius 1 is 1.21 bits per heavy atom. The fraction of sp³-hybridized carbons (Fsp3) is 0.211. The minimum Gasteiger partial charge on any atom is -0.481 e. The minimum absolute atomic E-state index is 0.0279. The zero-order valence-corrected chi connectivity index (χ0v) is 14.7. The van der Waals surface area contributed by atoms with E-state index in [1.54, 1.807) is 6.92 Å². The number of carbonyl (C=O) groups is 1. The molecule has 0 aliphatic heterocycles. The first-order chi connectivity index (χ1) is 13.2.